The zero-order valence-electron chi connectivity index (χ0n) is 8.50. The van der Waals surface area contributed by atoms with Crippen molar-refractivity contribution < 1.29 is 13.6 Å². The number of imidazole rings is 1. The minimum Gasteiger partial charge on any atom is -0.396 e. The van der Waals surface area contributed by atoms with Gasteiger partial charge in [0.05, 0.1) is 11.3 Å². The van der Waals surface area contributed by atoms with E-state index in [0.717, 1.165) is 12.1 Å². The van der Waals surface area contributed by atoms with Crippen molar-refractivity contribution in [3.63, 3.8) is 0 Å². The highest BCUT2D eigenvalue weighted by molar-refractivity contribution is 6.04. The van der Waals surface area contributed by atoms with Crippen molar-refractivity contribution >= 4 is 17.5 Å². The van der Waals surface area contributed by atoms with Crippen LogP contribution >= 0.6 is 0 Å². The standard InChI is InChI=1S/C10H8F2N4O/c11-5-3-6(8(12)7(13)4-5)9(17)16-10-14-1-2-15-10/h1-4H,13H2,(H2,14,15,16,17). The molecule has 1 heterocycles. The maximum Gasteiger partial charge on any atom is 0.261 e. The molecule has 0 saturated heterocycles. The molecule has 0 radical (unpaired) electrons. The number of benzene rings is 1. The average molecular weight is 238 g/mol. The van der Waals surface area contributed by atoms with E-state index in [9.17, 15) is 13.6 Å². The number of hydrogen-bond acceptors (Lipinski definition) is 3. The molecule has 7 heteroatoms. The summed E-state index contributed by atoms with van der Waals surface area (Å²) in [6.07, 6.45) is 2.89. The van der Waals surface area contributed by atoms with Crippen molar-refractivity contribution in [2.45, 2.75) is 0 Å². The average Bonchev–Trinajstić information content (AvgIpc) is 2.76. The number of rotatable bonds is 2. The molecule has 0 spiro atoms. The first kappa shape index (κ1) is 11.1. The summed E-state index contributed by atoms with van der Waals surface area (Å²) in [5.74, 6) is -2.44. The summed E-state index contributed by atoms with van der Waals surface area (Å²) in [7, 11) is 0. The van der Waals surface area contributed by atoms with Gasteiger partial charge >= 0.3 is 0 Å². The van der Waals surface area contributed by atoms with E-state index in [-0.39, 0.29) is 5.95 Å². The number of H-pyrrole nitrogens is 1. The highest BCUT2D eigenvalue weighted by Crippen LogP contribution is 2.18. The van der Waals surface area contributed by atoms with Crippen LogP contribution in [-0.2, 0) is 0 Å². The fourth-order valence-electron chi connectivity index (χ4n) is 1.28. The minimum absolute atomic E-state index is 0.136. The van der Waals surface area contributed by atoms with Crippen LogP contribution < -0.4 is 11.1 Å². The molecule has 0 fully saturated rings. The first-order valence-electron chi connectivity index (χ1n) is 4.63. The van der Waals surface area contributed by atoms with Crippen molar-refractivity contribution in [1.29, 1.82) is 0 Å². The SMILES string of the molecule is Nc1cc(F)cc(C(=O)Nc2ncc[nH]2)c1F. The molecule has 2 rings (SSSR count). The highest BCUT2D eigenvalue weighted by atomic mass is 19.1. The Balaban J connectivity index is 2.31. The maximum atomic E-state index is 13.5. The number of hydrogen-bond donors (Lipinski definition) is 3. The van der Waals surface area contributed by atoms with Gasteiger partial charge in [0.15, 0.2) is 5.82 Å². The van der Waals surface area contributed by atoms with Gasteiger partial charge in [-0.25, -0.2) is 13.8 Å². The number of carbonyl (C=O) groups is 1. The second-order valence-corrected chi connectivity index (χ2v) is 3.25. The van der Waals surface area contributed by atoms with Crippen molar-refractivity contribution in [3.8, 4) is 0 Å². The van der Waals surface area contributed by atoms with Gasteiger partial charge in [-0.1, -0.05) is 0 Å². The van der Waals surface area contributed by atoms with Gasteiger partial charge in [0.25, 0.3) is 5.91 Å². The molecule has 5 nitrogen and oxygen atoms in total. The molecule has 0 bridgehead atoms. The molecule has 0 aliphatic rings. The molecular weight excluding hydrogens is 230 g/mol. The number of amides is 1. The third-order valence-corrected chi connectivity index (χ3v) is 2.04. The fourth-order valence-corrected chi connectivity index (χ4v) is 1.28. The van der Waals surface area contributed by atoms with Crippen LogP contribution in [0, 0.1) is 11.6 Å². The molecule has 0 saturated carbocycles. The Morgan fingerprint density at radius 2 is 2.18 bits per heavy atom. The van der Waals surface area contributed by atoms with E-state index >= 15 is 0 Å². The number of nitrogens with zero attached hydrogens (tertiary/aromatic N) is 1. The first-order valence-corrected chi connectivity index (χ1v) is 4.63. The topological polar surface area (TPSA) is 83.8 Å². The third-order valence-electron chi connectivity index (χ3n) is 2.04. The van der Waals surface area contributed by atoms with Gasteiger partial charge in [-0.15, -0.1) is 0 Å². The summed E-state index contributed by atoms with van der Waals surface area (Å²) < 4.78 is 26.5. The van der Waals surface area contributed by atoms with Crippen LogP contribution in [-0.4, -0.2) is 15.9 Å². The number of aromatic nitrogens is 2. The van der Waals surface area contributed by atoms with Gasteiger partial charge in [-0.3, -0.25) is 10.1 Å². The summed E-state index contributed by atoms with van der Waals surface area (Å²) in [5, 5.41) is 2.27. The Bertz CT molecular complexity index is 554. The van der Waals surface area contributed by atoms with Crippen molar-refractivity contribution in [2.75, 3.05) is 11.1 Å². The van der Waals surface area contributed by atoms with E-state index < -0.39 is 28.8 Å². The molecule has 1 amide bonds. The van der Waals surface area contributed by atoms with Crippen LogP contribution in [0.3, 0.4) is 0 Å². The predicted molar refractivity (Wildman–Crippen MR) is 57.3 cm³/mol. The summed E-state index contributed by atoms with van der Waals surface area (Å²) in [5.41, 5.74) is 4.32. The quantitative estimate of drug-likeness (QED) is 0.693. The molecule has 0 atom stereocenters. The molecule has 4 N–H and O–H groups in total. The number of aromatic amines is 1. The number of nitrogen functional groups attached to an aromatic ring is 1. The van der Waals surface area contributed by atoms with Crippen molar-refractivity contribution in [3.05, 3.63) is 41.7 Å². The van der Waals surface area contributed by atoms with E-state index in [0.29, 0.717) is 0 Å². The van der Waals surface area contributed by atoms with Gasteiger partial charge in [-0.05, 0) is 12.1 Å². The van der Waals surface area contributed by atoms with Crippen molar-refractivity contribution in [2.24, 2.45) is 0 Å². The fraction of sp³-hybridized carbons (Fsp3) is 0. The van der Waals surface area contributed by atoms with Crippen molar-refractivity contribution in [1.82, 2.24) is 9.97 Å². The number of nitrogens with one attached hydrogen (secondary N) is 2. The lowest BCUT2D eigenvalue weighted by Gasteiger charge is -2.05. The van der Waals surface area contributed by atoms with E-state index in [4.69, 9.17) is 5.73 Å². The zero-order chi connectivity index (χ0) is 12.4. The Labute approximate surface area is 94.7 Å². The zero-order valence-corrected chi connectivity index (χ0v) is 8.50. The maximum absolute atomic E-state index is 13.5. The van der Waals surface area contributed by atoms with Crippen LogP contribution in [0.5, 0.6) is 0 Å². The Hall–Kier alpha value is -2.44. The smallest absolute Gasteiger partial charge is 0.261 e. The third kappa shape index (κ3) is 2.22. The van der Waals surface area contributed by atoms with Gasteiger partial charge in [0.2, 0.25) is 5.95 Å². The second kappa shape index (κ2) is 4.20. The van der Waals surface area contributed by atoms with Crippen LogP contribution in [0.25, 0.3) is 0 Å². The number of nitrogens with two attached hydrogens (primary N) is 1. The predicted octanol–water partition coefficient (Wildman–Crippen LogP) is 1.52. The Morgan fingerprint density at radius 1 is 1.41 bits per heavy atom. The lowest BCUT2D eigenvalue weighted by atomic mass is 10.1. The van der Waals surface area contributed by atoms with E-state index in [2.05, 4.69) is 15.3 Å². The normalized spacial score (nSPS) is 10.2. The monoisotopic (exact) mass is 238 g/mol. The van der Waals surface area contributed by atoms with Crippen LogP contribution in [0.1, 0.15) is 10.4 Å². The molecule has 0 unspecified atom stereocenters. The number of halogens is 2. The van der Waals surface area contributed by atoms with E-state index in [1.165, 1.54) is 12.4 Å². The summed E-state index contributed by atoms with van der Waals surface area (Å²) in [6, 6.07) is 1.57. The summed E-state index contributed by atoms with van der Waals surface area (Å²) in [4.78, 5) is 17.9. The highest BCUT2D eigenvalue weighted by Gasteiger charge is 2.16. The molecule has 1 aromatic carbocycles. The minimum atomic E-state index is -0.963. The van der Waals surface area contributed by atoms with Crippen LogP contribution in [0.4, 0.5) is 20.4 Å². The first-order chi connectivity index (χ1) is 8.08. The van der Waals surface area contributed by atoms with Gasteiger partial charge < -0.3 is 10.7 Å². The largest absolute Gasteiger partial charge is 0.396 e. The number of carbonyl (C=O) groups excluding carboxylic acids is 1. The molecule has 2 aromatic rings. The number of anilines is 2. The molecule has 0 aliphatic carbocycles. The van der Waals surface area contributed by atoms with E-state index in [1.54, 1.807) is 0 Å². The Kier molecular flexibility index (Phi) is 2.73. The van der Waals surface area contributed by atoms with Gasteiger partial charge in [0.1, 0.15) is 5.82 Å². The lowest BCUT2D eigenvalue weighted by Crippen LogP contribution is -2.16. The molecule has 0 aliphatic heterocycles. The molecule has 17 heavy (non-hydrogen) atoms. The lowest BCUT2D eigenvalue weighted by molar-refractivity contribution is 0.102. The van der Waals surface area contributed by atoms with Gasteiger partial charge in [-0.2, -0.15) is 0 Å². The van der Waals surface area contributed by atoms with Crippen LogP contribution in [0.15, 0.2) is 24.5 Å². The van der Waals surface area contributed by atoms with Gasteiger partial charge in [0, 0.05) is 12.4 Å². The molecule has 1 aromatic heterocycles. The Morgan fingerprint density at radius 3 is 2.82 bits per heavy atom. The molecule has 88 valence electrons. The van der Waals surface area contributed by atoms with Crippen LogP contribution in [0.2, 0.25) is 0 Å². The second-order valence-electron chi connectivity index (χ2n) is 3.25. The van der Waals surface area contributed by atoms with E-state index in [1.807, 2.05) is 0 Å². The summed E-state index contributed by atoms with van der Waals surface area (Å²) >= 11 is 0. The molecular formula is C10H8F2N4O. The summed E-state index contributed by atoms with van der Waals surface area (Å²) in [6.45, 7) is 0.